The highest BCUT2D eigenvalue weighted by Gasteiger charge is 2.38. The normalized spacial score (nSPS) is 11.5. The first-order valence-corrected chi connectivity index (χ1v) is 18.1. The van der Waals surface area contributed by atoms with E-state index in [4.69, 9.17) is 9.84 Å². The predicted octanol–water partition coefficient (Wildman–Crippen LogP) is 11.4. The van der Waals surface area contributed by atoms with Gasteiger partial charge in [-0.2, -0.15) is 0 Å². The predicted molar refractivity (Wildman–Crippen MR) is 178 cm³/mol. The lowest BCUT2D eigenvalue weighted by Gasteiger charge is -2.29. The number of ether oxygens (including phenoxy) is 1. The zero-order valence-corrected chi connectivity index (χ0v) is 28.0. The maximum Gasteiger partial charge on any atom is 0.316 e. The third-order valence-corrected chi connectivity index (χ3v) is 8.95. The zero-order valence-electron chi connectivity index (χ0n) is 28.0. The van der Waals surface area contributed by atoms with Gasteiger partial charge in [-0.3, -0.25) is 4.79 Å². The summed E-state index contributed by atoms with van der Waals surface area (Å²) in [7, 11) is 0. The van der Waals surface area contributed by atoms with Crippen molar-refractivity contribution in [1.82, 2.24) is 6.15 Å². The van der Waals surface area contributed by atoms with E-state index >= 15 is 0 Å². The van der Waals surface area contributed by atoms with E-state index in [1.807, 2.05) is 0 Å². The molecule has 0 amide bonds. The standard InChI is InChI=1S/C36H72O4.H3N/c1-3-5-7-9-11-13-15-17-19-21-23-25-27-29-31-36(33-37,35(39)40-34-38)32-30-28-26-24-22-20-18-16-14-12-10-8-6-4-2;/h37-38H,3-34H2,1-2H3;1H3. The molecule has 0 aromatic heterocycles. The summed E-state index contributed by atoms with van der Waals surface area (Å²) < 4.78 is 4.99. The summed E-state index contributed by atoms with van der Waals surface area (Å²) in [5.74, 6) is -0.415. The van der Waals surface area contributed by atoms with Gasteiger partial charge < -0.3 is 21.1 Å². The number of unbranched alkanes of at least 4 members (excludes halogenated alkanes) is 26. The fourth-order valence-electron chi connectivity index (χ4n) is 6.08. The molecule has 5 N–H and O–H groups in total. The number of hydrogen-bond acceptors (Lipinski definition) is 5. The second kappa shape index (κ2) is 33.8. The molecule has 0 saturated heterocycles. The highest BCUT2D eigenvalue weighted by molar-refractivity contribution is 5.76. The molecule has 0 aliphatic carbocycles. The molecule has 0 fully saturated rings. The van der Waals surface area contributed by atoms with E-state index in [1.54, 1.807) is 0 Å². The van der Waals surface area contributed by atoms with Crippen molar-refractivity contribution in [1.29, 1.82) is 0 Å². The van der Waals surface area contributed by atoms with Crippen LogP contribution in [0.3, 0.4) is 0 Å². The van der Waals surface area contributed by atoms with E-state index in [1.165, 1.54) is 154 Å². The molecule has 5 nitrogen and oxygen atoms in total. The van der Waals surface area contributed by atoms with E-state index in [0.717, 1.165) is 25.7 Å². The van der Waals surface area contributed by atoms with E-state index < -0.39 is 18.2 Å². The first-order chi connectivity index (χ1) is 19.7. The van der Waals surface area contributed by atoms with Gasteiger partial charge in [0.05, 0.1) is 12.0 Å². The summed E-state index contributed by atoms with van der Waals surface area (Å²) in [5.41, 5.74) is -0.836. The van der Waals surface area contributed by atoms with Crippen LogP contribution in [0.1, 0.15) is 206 Å². The molecule has 0 atom stereocenters. The second-order valence-corrected chi connectivity index (χ2v) is 12.7. The average Bonchev–Trinajstić information content (AvgIpc) is 2.96. The monoisotopic (exact) mass is 586 g/mol. The number of hydrogen-bond donors (Lipinski definition) is 3. The maximum absolute atomic E-state index is 12.7. The Labute approximate surface area is 257 Å². The Morgan fingerprint density at radius 3 is 0.927 bits per heavy atom. The van der Waals surface area contributed by atoms with Crippen molar-refractivity contribution >= 4 is 5.97 Å². The Balaban J connectivity index is 0. The second-order valence-electron chi connectivity index (χ2n) is 12.7. The quantitative estimate of drug-likeness (QED) is 0.0404. The lowest BCUT2D eigenvalue weighted by molar-refractivity contribution is -0.168. The molecule has 0 bridgehead atoms. The molecule has 0 aliphatic rings. The van der Waals surface area contributed by atoms with Crippen molar-refractivity contribution in [2.24, 2.45) is 5.41 Å². The van der Waals surface area contributed by atoms with Gasteiger partial charge in [0.15, 0.2) is 6.79 Å². The van der Waals surface area contributed by atoms with Crippen molar-refractivity contribution in [3.63, 3.8) is 0 Å². The van der Waals surface area contributed by atoms with Crippen LogP contribution >= 0.6 is 0 Å². The topological polar surface area (TPSA) is 102 Å². The summed E-state index contributed by atoms with van der Waals surface area (Å²) in [6, 6.07) is 0. The molecule has 0 heterocycles. The maximum atomic E-state index is 12.7. The molecular weight excluding hydrogens is 510 g/mol. The third kappa shape index (κ3) is 26.7. The van der Waals surface area contributed by atoms with Gasteiger partial charge >= 0.3 is 5.97 Å². The Bertz CT molecular complexity index is 482. The van der Waals surface area contributed by atoms with E-state index in [2.05, 4.69) is 13.8 Å². The minimum absolute atomic E-state index is 0. The summed E-state index contributed by atoms with van der Waals surface area (Å²) in [6.45, 7) is 3.77. The van der Waals surface area contributed by atoms with Crippen LogP contribution in [0.25, 0.3) is 0 Å². The zero-order chi connectivity index (χ0) is 29.4. The minimum atomic E-state index is -0.836. The molecule has 248 valence electrons. The minimum Gasteiger partial charge on any atom is -0.438 e. The molecule has 0 radical (unpaired) electrons. The number of esters is 1. The van der Waals surface area contributed by atoms with Crippen molar-refractivity contribution in [3.05, 3.63) is 0 Å². The molecule has 0 spiro atoms. The lowest BCUT2D eigenvalue weighted by atomic mass is 9.78. The van der Waals surface area contributed by atoms with E-state index in [9.17, 15) is 9.90 Å². The van der Waals surface area contributed by atoms with Crippen LogP contribution in [0.2, 0.25) is 0 Å². The molecule has 0 unspecified atom stereocenters. The van der Waals surface area contributed by atoms with Gasteiger partial charge in [0.25, 0.3) is 0 Å². The highest BCUT2D eigenvalue weighted by Crippen LogP contribution is 2.33. The summed E-state index contributed by atoms with van der Waals surface area (Å²) in [4.78, 5) is 12.7. The molecule has 41 heavy (non-hydrogen) atoms. The molecule has 0 aromatic rings. The average molecular weight is 586 g/mol. The van der Waals surface area contributed by atoms with Gasteiger partial charge in [0.1, 0.15) is 0 Å². The molecule has 0 saturated carbocycles. The fourth-order valence-corrected chi connectivity index (χ4v) is 6.08. The number of carbonyl (C=O) groups is 1. The van der Waals surface area contributed by atoms with Crippen molar-refractivity contribution < 1.29 is 19.7 Å². The van der Waals surface area contributed by atoms with Gasteiger partial charge in [-0.15, -0.1) is 0 Å². The number of carbonyl (C=O) groups excluding carboxylic acids is 1. The van der Waals surface area contributed by atoms with E-state index in [-0.39, 0.29) is 12.8 Å². The van der Waals surface area contributed by atoms with Crippen molar-refractivity contribution in [2.75, 3.05) is 13.4 Å². The largest absolute Gasteiger partial charge is 0.438 e. The van der Waals surface area contributed by atoms with Crippen LogP contribution in [0, 0.1) is 5.41 Å². The fraction of sp³-hybridized carbons (Fsp3) is 0.972. The highest BCUT2D eigenvalue weighted by atomic mass is 16.6. The van der Waals surface area contributed by atoms with E-state index in [0.29, 0.717) is 12.8 Å². The third-order valence-electron chi connectivity index (χ3n) is 8.95. The summed E-state index contributed by atoms with van der Waals surface area (Å²) in [6.07, 6.45) is 37.9. The number of rotatable bonds is 33. The van der Waals surface area contributed by atoms with Crippen LogP contribution < -0.4 is 6.15 Å². The SMILES string of the molecule is CCCCCCCCCCCCCCCCC(CO)(CCCCCCCCCCCCCCCC)C(=O)OCO.N. The lowest BCUT2D eigenvalue weighted by Crippen LogP contribution is -2.37. The van der Waals surface area contributed by atoms with Crippen LogP contribution in [0.4, 0.5) is 0 Å². The van der Waals surface area contributed by atoms with Crippen molar-refractivity contribution in [3.8, 4) is 0 Å². The first-order valence-electron chi connectivity index (χ1n) is 18.1. The van der Waals surface area contributed by atoms with Crippen molar-refractivity contribution in [2.45, 2.75) is 206 Å². The van der Waals surface area contributed by atoms with Gasteiger partial charge in [-0.1, -0.05) is 194 Å². The Morgan fingerprint density at radius 1 is 0.463 bits per heavy atom. The van der Waals surface area contributed by atoms with Crippen LogP contribution in [0.15, 0.2) is 0 Å². The molecule has 0 aromatic carbocycles. The van der Waals surface area contributed by atoms with Gasteiger partial charge in [0, 0.05) is 0 Å². The molecular formula is C36H75NO4. The summed E-state index contributed by atoms with van der Waals surface area (Å²) >= 11 is 0. The molecule has 0 aliphatic heterocycles. The molecule has 5 heteroatoms. The van der Waals surface area contributed by atoms with Gasteiger partial charge in [0.2, 0.25) is 0 Å². The number of aliphatic hydroxyl groups excluding tert-OH is 2. The number of aliphatic hydroxyl groups is 2. The smallest absolute Gasteiger partial charge is 0.316 e. The van der Waals surface area contributed by atoms with Gasteiger partial charge in [-0.05, 0) is 12.8 Å². The van der Waals surface area contributed by atoms with Crippen LogP contribution in [0.5, 0.6) is 0 Å². The Morgan fingerprint density at radius 2 is 0.707 bits per heavy atom. The van der Waals surface area contributed by atoms with Crippen LogP contribution in [-0.4, -0.2) is 29.6 Å². The van der Waals surface area contributed by atoms with Crippen LogP contribution in [-0.2, 0) is 9.53 Å². The van der Waals surface area contributed by atoms with Gasteiger partial charge in [-0.25, -0.2) is 0 Å². The Hall–Kier alpha value is -0.650. The molecule has 0 rings (SSSR count). The Kier molecular flexibility index (Phi) is 35.1. The first kappa shape index (κ1) is 42.5. The summed E-state index contributed by atoms with van der Waals surface area (Å²) in [5, 5.41) is 19.4.